The molecule has 0 aliphatic carbocycles. The fourth-order valence-electron chi connectivity index (χ4n) is 2.56. The van der Waals surface area contributed by atoms with Crippen LogP contribution in [0.15, 0.2) is 58.7 Å². The predicted molar refractivity (Wildman–Crippen MR) is 104 cm³/mol. The van der Waals surface area contributed by atoms with Gasteiger partial charge in [0.1, 0.15) is 5.60 Å². The highest BCUT2D eigenvalue weighted by Gasteiger charge is 2.35. The number of anilines is 1. The molecule has 3 rings (SSSR count). The number of halogens is 1. The molecule has 1 atom stereocenters. The summed E-state index contributed by atoms with van der Waals surface area (Å²) in [5.74, 6) is -1.71. The molecular formula is C19H17ClN2O4S. The van der Waals surface area contributed by atoms with Gasteiger partial charge in [0.25, 0.3) is 0 Å². The molecule has 8 heteroatoms. The van der Waals surface area contributed by atoms with E-state index >= 15 is 0 Å². The van der Waals surface area contributed by atoms with Crippen molar-refractivity contribution < 1.29 is 19.1 Å². The van der Waals surface area contributed by atoms with Crippen LogP contribution in [0.25, 0.3) is 0 Å². The number of rotatable bonds is 5. The first-order valence-corrected chi connectivity index (χ1v) is 9.31. The van der Waals surface area contributed by atoms with Gasteiger partial charge in [-0.15, -0.1) is 11.3 Å². The number of nitrogens with one attached hydrogen (secondary N) is 2. The number of thiophene rings is 1. The predicted octanol–water partition coefficient (Wildman–Crippen LogP) is 3.29. The Kier molecular flexibility index (Phi) is 5.65. The average molecular weight is 405 g/mol. The number of benzene rings is 1. The van der Waals surface area contributed by atoms with Crippen LogP contribution in [0.1, 0.15) is 16.0 Å². The second-order valence-electron chi connectivity index (χ2n) is 5.90. The summed E-state index contributed by atoms with van der Waals surface area (Å²) in [6.45, 7) is 1.55. The quantitative estimate of drug-likeness (QED) is 0.569. The standard InChI is InChI=1S/C19H17ClN2O4S/c1-12-14(20)4-2-5-15(12)22-18(24)17(23)21-11-19(25,13-7-8-26-10-13)16-6-3-9-27-16/h2-10,25H,11H2,1H3,(H,21,23)(H,22,24)/t19-/m0/s1. The highest BCUT2D eigenvalue weighted by molar-refractivity contribution is 7.10. The Morgan fingerprint density at radius 1 is 1.22 bits per heavy atom. The zero-order valence-corrected chi connectivity index (χ0v) is 15.9. The summed E-state index contributed by atoms with van der Waals surface area (Å²) in [5.41, 5.74) is 0.0967. The second kappa shape index (κ2) is 7.96. The summed E-state index contributed by atoms with van der Waals surface area (Å²) in [5, 5.41) is 18.4. The van der Waals surface area contributed by atoms with Crippen LogP contribution in [0, 0.1) is 6.92 Å². The summed E-state index contributed by atoms with van der Waals surface area (Å²) >= 11 is 7.36. The van der Waals surface area contributed by atoms with E-state index in [1.807, 2.05) is 5.38 Å². The Balaban J connectivity index is 1.71. The number of carbonyl (C=O) groups excluding carboxylic acids is 2. The number of hydrogen-bond acceptors (Lipinski definition) is 5. The third kappa shape index (κ3) is 4.05. The van der Waals surface area contributed by atoms with Crippen molar-refractivity contribution >= 4 is 40.4 Å². The van der Waals surface area contributed by atoms with Crippen molar-refractivity contribution in [2.24, 2.45) is 0 Å². The maximum atomic E-state index is 12.2. The largest absolute Gasteiger partial charge is 0.472 e. The van der Waals surface area contributed by atoms with E-state index in [0.29, 0.717) is 26.7 Å². The van der Waals surface area contributed by atoms with Crippen molar-refractivity contribution in [1.29, 1.82) is 0 Å². The normalized spacial score (nSPS) is 13.0. The van der Waals surface area contributed by atoms with Crippen molar-refractivity contribution in [3.8, 4) is 0 Å². The third-order valence-corrected chi connectivity index (χ3v) is 5.58. The number of furan rings is 1. The minimum Gasteiger partial charge on any atom is -0.472 e. The molecule has 2 heterocycles. The third-order valence-electron chi connectivity index (χ3n) is 4.15. The Bertz CT molecular complexity index is 905. The van der Waals surface area contributed by atoms with Gasteiger partial charge in [0.2, 0.25) is 0 Å². The van der Waals surface area contributed by atoms with Crippen LogP contribution in [0.5, 0.6) is 0 Å². The molecule has 140 valence electrons. The molecule has 0 aliphatic rings. The fraction of sp³-hybridized carbons (Fsp3) is 0.158. The van der Waals surface area contributed by atoms with E-state index in [2.05, 4.69) is 10.6 Å². The van der Waals surface area contributed by atoms with Gasteiger partial charge in [0.05, 0.1) is 19.1 Å². The van der Waals surface area contributed by atoms with Gasteiger partial charge in [-0.2, -0.15) is 0 Å². The lowest BCUT2D eigenvalue weighted by Crippen LogP contribution is -2.44. The van der Waals surface area contributed by atoms with E-state index in [-0.39, 0.29) is 6.54 Å². The molecule has 3 N–H and O–H groups in total. The first kappa shape index (κ1) is 19.2. The van der Waals surface area contributed by atoms with Gasteiger partial charge >= 0.3 is 11.8 Å². The molecule has 2 aromatic heterocycles. The molecule has 1 aromatic carbocycles. The van der Waals surface area contributed by atoms with Gasteiger partial charge in [-0.25, -0.2) is 0 Å². The highest BCUT2D eigenvalue weighted by Crippen LogP contribution is 2.32. The molecule has 27 heavy (non-hydrogen) atoms. The highest BCUT2D eigenvalue weighted by atomic mass is 35.5. The maximum Gasteiger partial charge on any atom is 0.313 e. The van der Waals surface area contributed by atoms with Crippen molar-refractivity contribution in [3.05, 3.63) is 75.3 Å². The van der Waals surface area contributed by atoms with Crippen LogP contribution in [-0.2, 0) is 15.2 Å². The van der Waals surface area contributed by atoms with Crippen molar-refractivity contribution in [3.63, 3.8) is 0 Å². The lowest BCUT2D eigenvalue weighted by molar-refractivity contribution is -0.136. The molecule has 0 unspecified atom stereocenters. The minimum absolute atomic E-state index is 0.187. The number of aliphatic hydroxyl groups is 1. The minimum atomic E-state index is -1.50. The number of hydrogen-bond donors (Lipinski definition) is 3. The fourth-order valence-corrected chi connectivity index (χ4v) is 3.58. The zero-order valence-electron chi connectivity index (χ0n) is 14.4. The Morgan fingerprint density at radius 3 is 2.70 bits per heavy atom. The van der Waals surface area contributed by atoms with Gasteiger partial charge in [-0.3, -0.25) is 9.59 Å². The van der Waals surface area contributed by atoms with E-state index in [9.17, 15) is 14.7 Å². The smallest absolute Gasteiger partial charge is 0.313 e. The van der Waals surface area contributed by atoms with Crippen LogP contribution in [0.4, 0.5) is 5.69 Å². The van der Waals surface area contributed by atoms with Crippen LogP contribution in [0.3, 0.4) is 0 Å². The molecule has 0 fully saturated rings. The van der Waals surface area contributed by atoms with Gasteiger partial charge in [0, 0.05) is 21.2 Å². The van der Waals surface area contributed by atoms with Crippen LogP contribution in [0.2, 0.25) is 5.02 Å². The Labute approximate surface area is 164 Å². The van der Waals surface area contributed by atoms with E-state index in [0.717, 1.165) is 0 Å². The van der Waals surface area contributed by atoms with E-state index in [1.54, 1.807) is 43.3 Å². The van der Waals surface area contributed by atoms with Gasteiger partial charge in [-0.1, -0.05) is 23.7 Å². The Hall–Kier alpha value is -2.61. The lowest BCUT2D eigenvalue weighted by Gasteiger charge is -2.26. The van der Waals surface area contributed by atoms with Crippen LogP contribution in [-0.4, -0.2) is 23.5 Å². The molecule has 0 radical (unpaired) electrons. The molecule has 0 aliphatic heterocycles. The van der Waals surface area contributed by atoms with Crippen LogP contribution < -0.4 is 10.6 Å². The maximum absolute atomic E-state index is 12.2. The van der Waals surface area contributed by atoms with Crippen molar-refractivity contribution in [1.82, 2.24) is 5.32 Å². The topological polar surface area (TPSA) is 91.6 Å². The summed E-state index contributed by atoms with van der Waals surface area (Å²) < 4.78 is 5.06. The monoisotopic (exact) mass is 404 g/mol. The molecule has 2 amide bonds. The van der Waals surface area contributed by atoms with E-state index in [1.165, 1.54) is 23.9 Å². The molecule has 0 saturated heterocycles. The molecule has 0 bridgehead atoms. The summed E-state index contributed by atoms with van der Waals surface area (Å²) in [6, 6.07) is 10.2. The molecule has 6 nitrogen and oxygen atoms in total. The molecule has 0 saturated carbocycles. The van der Waals surface area contributed by atoms with E-state index < -0.39 is 17.4 Å². The number of amides is 2. The van der Waals surface area contributed by atoms with Crippen molar-refractivity contribution in [2.75, 3.05) is 11.9 Å². The molecular weight excluding hydrogens is 388 g/mol. The van der Waals surface area contributed by atoms with E-state index in [4.69, 9.17) is 16.0 Å². The summed E-state index contributed by atoms with van der Waals surface area (Å²) in [7, 11) is 0. The summed E-state index contributed by atoms with van der Waals surface area (Å²) in [6.07, 6.45) is 2.84. The molecule has 0 spiro atoms. The van der Waals surface area contributed by atoms with Gasteiger partial charge in [-0.05, 0) is 42.1 Å². The number of carbonyl (C=O) groups is 2. The second-order valence-corrected chi connectivity index (χ2v) is 7.25. The van der Waals surface area contributed by atoms with Crippen molar-refractivity contribution in [2.45, 2.75) is 12.5 Å². The van der Waals surface area contributed by atoms with Gasteiger partial charge < -0.3 is 20.2 Å². The SMILES string of the molecule is Cc1c(Cl)cccc1NC(=O)C(=O)NC[C@](O)(c1ccoc1)c1cccs1. The summed E-state index contributed by atoms with van der Waals surface area (Å²) in [4.78, 5) is 25.1. The molecule has 3 aromatic rings. The zero-order chi connectivity index (χ0) is 19.4. The first-order chi connectivity index (χ1) is 12.9. The first-order valence-electron chi connectivity index (χ1n) is 8.05. The Morgan fingerprint density at radius 2 is 2.04 bits per heavy atom. The van der Waals surface area contributed by atoms with Gasteiger partial charge in [0.15, 0.2) is 0 Å². The van der Waals surface area contributed by atoms with Crippen LogP contribution >= 0.6 is 22.9 Å². The lowest BCUT2D eigenvalue weighted by atomic mass is 9.94. The average Bonchev–Trinajstić information content (AvgIpc) is 3.37.